The van der Waals surface area contributed by atoms with Crippen molar-refractivity contribution in [2.24, 2.45) is 0 Å². The zero-order valence-electron chi connectivity index (χ0n) is 15.4. The van der Waals surface area contributed by atoms with E-state index in [0.717, 1.165) is 22.0 Å². The zero-order valence-corrected chi connectivity index (χ0v) is 15.4. The van der Waals surface area contributed by atoms with E-state index in [1.807, 2.05) is 36.4 Å². The van der Waals surface area contributed by atoms with E-state index < -0.39 is 12.1 Å². The average molecular weight is 380 g/mol. The molecule has 0 radical (unpaired) electrons. The predicted molar refractivity (Wildman–Crippen MR) is 102 cm³/mol. The van der Waals surface area contributed by atoms with Crippen LogP contribution in [0.3, 0.4) is 0 Å². The van der Waals surface area contributed by atoms with Crippen molar-refractivity contribution in [2.75, 3.05) is 6.79 Å². The Morgan fingerprint density at radius 3 is 2.89 bits per heavy atom. The number of benzene rings is 2. The summed E-state index contributed by atoms with van der Waals surface area (Å²) in [5.74, 6) is 0.542. The summed E-state index contributed by atoms with van der Waals surface area (Å²) < 4.78 is 15.9. The van der Waals surface area contributed by atoms with Gasteiger partial charge in [0.25, 0.3) is 5.91 Å². The number of rotatable bonds is 6. The molecule has 1 atom stereocenters. The third-order valence-corrected chi connectivity index (χ3v) is 4.59. The van der Waals surface area contributed by atoms with Crippen molar-refractivity contribution in [3.05, 3.63) is 59.8 Å². The van der Waals surface area contributed by atoms with Crippen LogP contribution in [0.5, 0.6) is 11.5 Å². The number of hydrogen-bond donors (Lipinski definition) is 2. The van der Waals surface area contributed by atoms with Crippen LogP contribution in [0.15, 0.2) is 48.7 Å². The third kappa shape index (κ3) is 3.78. The maximum atomic E-state index is 12.2. The summed E-state index contributed by atoms with van der Waals surface area (Å²) in [7, 11) is 0. The van der Waals surface area contributed by atoms with Crippen LogP contribution in [0.1, 0.15) is 18.1 Å². The largest absolute Gasteiger partial charge is 0.454 e. The average Bonchev–Trinajstić information content (AvgIpc) is 3.32. The molecule has 2 aromatic carbocycles. The molecule has 28 heavy (non-hydrogen) atoms. The van der Waals surface area contributed by atoms with Crippen LogP contribution < -0.4 is 14.8 Å². The van der Waals surface area contributed by atoms with Gasteiger partial charge in [-0.25, -0.2) is 0 Å². The van der Waals surface area contributed by atoms with E-state index in [1.165, 1.54) is 0 Å². The Kier molecular flexibility index (Phi) is 4.89. The van der Waals surface area contributed by atoms with Crippen LogP contribution in [0.25, 0.3) is 10.9 Å². The Balaban J connectivity index is 1.29. The number of carbonyl (C=O) groups excluding carboxylic acids is 2. The Labute approximate surface area is 161 Å². The minimum Gasteiger partial charge on any atom is -0.454 e. The van der Waals surface area contributed by atoms with E-state index in [-0.39, 0.29) is 19.1 Å². The summed E-state index contributed by atoms with van der Waals surface area (Å²) in [6, 6.07) is 13.2. The molecule has 1 amide bonds. The lowest BCUT2D eigenvalue weighted by Crippen LogP contribution is -2.35. The van der Waals surface area contributed by atoms with Gasteiger partial charge < -0.3 is 24.5 Å². The van der Waals surface area contributed by atoms with Crippen LogP contribution >= 0.6 is 0 Å². The van der Waals surface area contributed by atoms with Crippen molar-refractivity contribution in [1.82, 2.24) is 10.3 Å². The Morgan fingerprint density at radius 1 is 1.18 bits per heavy atom. The lowest BCUT2D eigenvalue weighted by molar-refractivity contribution is -0.154. The highest BCUT2D eigenvalue weighted by atomic mass is 16.7. The van der Waals surface area contributed by atoms with E-state index in [4.69, 9.17) is 14.2 Å². The molecular weight excluding hydrogens is 360 g/mol. The summed E-state index contributed by atoms with van der Waals surface area (Å²) in [4.78, 5) is 27.6. The third-order valence-electron chi connectivity index (χ3n) is 4.59. The van der Waals surface area contributed by atoms with Crippen molar-refractivity contribution >= 4 is 22.8 Å². The fourth-order valence-corrected chi connectivity index (χ4v) is 3.11. The van der Waals surface area contributed by atoms with Crippen molar-refractivity contribution in [2.45, 2.75) is 26.0 Å². The molecule has 0 spiro atoms. The van der Waals surface area contributed by atoms with E-state index in [1.54, 1.807) is 19.2 Å². The highest BCUT2D eigenvalue weighted by Crippen LogP contribution is 2.32. The number of esters is 1. The number of nitrogens with one attached hydrogen (secondary N) is 2. The number of para-hydroxylation sites is 1. The fourth-order valence-electron chi connectivity index (χ4n) is 3.11. The fraction of sp³-hybridized carbons (Fsp3) is 0.238. The van der Waals surface area contributed by atoms with Crippen LogP contribution in [-0.4, -0.2) is 29.8 Å². The summed E-state index contributed by atoms with van der Waals surface area (Å²) in [6.07, 6.45) is 1.01. The molecule has 0 saturated carbocycles. The SMILES string of the molecule is CC(OC(=O)Cc1c[nH]c2ccccc12)C(=O)NCc1ccc2c(c1)OCO2. The lowest BCUT2D eigenvalue weighted by atomic mass is 10.1. The van der Waals surface area contributed by atoms with Crippen molar-refractivity contribution in [1.29, 1.82) is 0 Å². The Hall–Kier alpha value is -3.48. The van der Waals surface area contributed by atoms with Gasteiger partial charge in [-0.15, -0.1) is 0 Å². The number of carbonyl (C=O) groups is 2. The summed E-state index contributed by atoms with van der Waals surface area (Å²) in [5, 5.41) is 3.74. The molecule has 3 aromatic rings. The normalized spacial score (nSPS) is 13.3. The molecule has 144 valence electrons. The van der Waals surface area contributed by atoms with Crippen molar-refractivity contribution < 1.29 is 23.8 Å². The second-order valence-corrected chi connectivity index (χ2v) is 6.57. The first-order chi connectivity index (χ1) is 13.6. The van der Waals surface area contributed by atoms with Gasteiger partial charge in [0.2, 0.25) is 6.79 Å². The van der Waals surface area contributed by atoms with Crippen LogP contribution in [0.2, 0.25) is 0 Å². The Morgan fingerprint density at radius 2 is 2.00 bits per heavy atom. The highest BCUT2D eigenvalue weighted by Gasteiger charge is 2.19. The number of ether oxygens (including phenoxy) is 3. The van der Waals surface area contributed by atoms with Gasteiger partial charge in [0.05, 0.1) is 6.42 Å². The number of amides is 1. The minimum atomic E-state index is -0.883. The molecule has 2 N–H and O–H groups in total. The first kappa shape index (κ1) is 17.9. The van der Waals surface area contributed by atoms with Crippen LogP contribution in [0, 0.1) is 0 Å². The molecule has 1 aromatic heterocycles. The maximum Gasteiger partial charge on any atom is 0.311 e. The van der Waals surface area contributed by atoms with Gasteiger partial charge >= 0.3 is 5.97 Å². The minimum absolute atomic E-state index is 0.101. The van der Waals surface area contributed by atoms with Gasteiger partial charge in [-0.3, -0.25) is 9.59 Å². The van der Waals surface area contributed by atoms with Gasteiger partial charge in [-0.05, 0) is 36.2 Å². The first-order valence-electron chi connectivity index (χ1n) is 9.01. The molecule has 1 unspecified atom stereocenters. The topological polar surface area (TPSA) is 89.7 Å². The summed E-state index contributed by atoms with van der Waals surface area (Å²) in [6.45, 7) is 2.07. The van der Waals surface area contributed by atoms with Gasteiger partial charge in [0.1, 0.15) is 0 Å². The quantitative estimate of drug-likeness (QED) is 0.642. The molecule has 2 heterocycles. The molecule has 0 saturated heterocycles. The van der Waals surface area contributed by atoms with Gasteiger partial charge in [-0.1, -0.05) is 24.3 Å². The number of fused-ring (bicyclic) bond motifs is 2. The standard InChI is InChI=1S/C21H20N2O5/c1-13(21(25)23-10-14-6-7-18-19(8-14)27-12-26-18)28-20(24)9-15-11-22-17-5-3-2-4-16(15)17/h2-8,11,13,22H,9-10,12H2,1H3,(H,23,25). The summed E-state index contributed by atoms with van der Waals surface area (Å²) in [5.41, 5.74) is 2.67. The molecular formula is C21H20N2O5. The van der Waals surface area contributed by atoms with Gasteiger partial charge in [0.15, 0.2) is 17.6 Å². The molecule has 0 bridgehead atoms. The Bertz CT molecular complexity index is 1030. The van der Waals surface area contributed by atoms with Crippen LogP contribution in [0.4, 0.5) is 0 Å². The first-order valence-corrected chi connectivity index (χ1v) is 9.01. The highest BCUT2D eigenvalue weighted by molar-refractivity contribution is 5.88. The van der Waals surface area contributed by atoms with Gasteiger partial charge in [-0.2, -0.15) is 0 Å². The summed E-state index contributed by atoms with van der Waals surface area (Å²) >= 11 is 0. The molecule has 1 aliphatic rings. The van der Waals surface area contributed by atoms with Crippen molar-refractivity contribution in [3.63, 3.8) is 0 Å². The second-order valence-electron chi connectivity index (χ2n) is 6.57. The number of aromatic nitrogens is 1. The van der Waals surface area contributed by atoms with Crippen molar-refractivity contribution in [3.8, 4) is 11.5 Å². The van der Waals surface area contributed by atoms with E-state index in [2.05, 4.69) is 10.3 Å². The number of H-pyrrole nitrogens is 1. The molecule has 1 aliphatic heterocycles. The second kappa shape index (κ2) is 7.64. The molecule has 7 nitrogen and oxygen atoms in total. The number of hydrogen-bond acceptors (Lipinski definition) is 5. The molecule has 7 heteroatoms. The molecule has 0 fully saturated rings. The zero-order chi connectivity index (χ0) is 19.5. The maximum absolute atomic E-state index is 12.2. The predicted octanol–water partition coefficient (Wildman–Crippen LogP) is 2.69. The number of aromatic amines is 1. The van der Waals surface area contributed by atoms with E-state index in [9.17, 15) is 9.59 Å². The van der Waals surface area contributed by atoms with E-state index in [0.29, 0.717) is 18.0 Å². The monoisotopic (exact) mass is 380 g/mol. The van der Waals surface area contributed by atoms with E-state index >= 15 is 0 Å². The molecule has 0 aliphatic carbocycles. The van der Waals surface area contributed by atoms with Gasteiger partial charge in [0, 0.05) is 23.6 Å². The molecule has 4 rings (SSSR count). The smallest absolute Gasteiger partial charge is 0.311 e. The lowest BCUT2D eigenvalue weighted by Gasteiger charge is -2.13. The van der Waals surface area contributed by atoms with Crippen LogP contribution in [-0.2, 0) is 27.3 Å².